The Bertz CT molecular complexity index is 537. The molecule has 0 saturated carbocycles. The van der Waals surface area contributed by atoms with Crippen LogP contribution in [0.5, 0.6) is 0 Å². The Morgan fingerprint density at radius 3 is 2.53 bits per heavy atom. The lowest BCUT2D eigenvalue weighted by Crippen LogP contribution is -2.05. The second kappa shape index (κ2) is 3.91. The second-order valence-corrected chi connectivity index (χ2v) is 4.72. The molecule has 0 amide bonds. The van der Waals surface area contributed by atoms with Crippen molar-refractivity contribution in [3.05, 3.63) is 35.7 Å². The fraction of sp³-hybridized carbons (Fsp3) is 0.357. The molecule has 0 fully saturated rings. The Labute approximate surface area is 101 Å². The van der Waals surface area contributed by atoms with Gasteiger partial charge in [0.15, 0.2) is 0 Å². The number of aromatic nitrogens is 2. The monoisotopic (exact) mass is 227 g/mol. The first-order valence-electron chi connectivity index (χ1n) is 6.16. The molecule has 1 aliphatic rings. The van der Waals surface area contributed by atoms with Gasteiger partial charge < -0.3 is 10.3 Å². The highest BCUT2D eigenvalue weighted by Crippen LogP contribution is 2.27. The standard InChI is InChI=1S/C14H17N3/c1-17-13-5-3-2-4-12(13)16-14(17)10-6-8-11(15)9-7-10/h6-9H,2-5,15H2,1H3. The van der Waals surface area contributed by atoms with Crippen molar-refractivity contribution < 1.29 is 0 Å². The van der Waals surface area contributed by atoms with E-state index in [9.17, 15) is 0 Å². The van der Waals surface area contributed by atoms with Crippen molar-refractivity contribution in [3.63, 3.8) is 0 Å². The first-order chi connectivity index (χ1) is 8.25. The van der Waals surface area contributed by atoms with Gasteiger partial charge in [0.1, 0.15) is 5.82 Å². The van der Waals surface area contributed by atoms with Gasteiger partial charge in [-0.1, -0.05) is 0 Å². The molecule has 1 aromatic carbocycles. The van der Waals surface area contributed by atoms with Crippen molar-refractivity contribution in [3.8, 4) is 11.4 Å². The van der Waals surface area contributed by atoms with E-state index in [4.69, 9.17) is 10.7 Å². The van der Waals surface area contributed by atoms with Gasteiger partial charge in [0.05, 0.1) is 5.69 Å². The van der Waals surface area contributed by atoms with Gasteiger partial charge in [0.25, 0.3) is 0 Å². The second-order valence-electron chi connectivity index (χ2n) is 4.72. The van der Waals surface area contributed by atoms with Gasteiger partial charge in [0.2, 0.25) is 0 Å². The summed E-state index contributed by atoms with van der Waals surface area (Å²) in [5.41, 5.74) is 10.3. The molecule has 0 unspecified atom stereocenters. The van der Waals surface area contributed by atoms with E-state index in [1.807, 2.05) is 24.3 Å². The highest BCUT2D eigenvalue weighted by Gasteiger charge is 2.18. The van der Waals surface area contributed by atoms with Crippen LogP contribution < -0.4 is 5.73 Å². The maximum atomic E-state index is 5.71. The molecule has 2 N–H and O–H groups in total. The topological polar surface area (TPSA) is 43.8 Å². The number of aryl methyl sites for hydroxylation is 1. The Morgan fingerprint density at radius 1 is 1.12 bits per heavy atom. The first-order valence-corrected chi connectivity index (χ1v) is 6.16. The summed E-state index contributed by atoms with van der Waals surface area (Å²) in [7, 11) is 2.11. The molecular weight excluding hydrogens is 210 g/mol. The van der Waals surface area contributed by atoms with Crippen LogP contribution in [0, 0.1) is 0 Å². The van der Waals surface area contributed by atoms with Crippen LogP contribution >= 0.6 is 0 Å². The van der Waals surface area contributed by atoms with Crippen LogP contribution in [-0.4, -0.2) is 9.55 Å². The molecule has 3 nitrogen and oxygen atoms in total. The van der Waals surface area contributed by atoms with Crippen LogP contribution in [-0.2, 0) is 19.9 Å². The van der Waals surface area contributed by atoms with Gasteiger partial charge in [-0.3, -0.25) is 0 Å². The van der Waals surface area contributed by atoms with E-state index in [0.717, 1.165) is 29.9 Å². The molecule has 1 heterocycles. The van der Waals surface area contributed by atoms with E-state index in [-0.39, 0.29) is 0 Å². The van der Waals surface area contributed by atoms with Crippen molar-refractivity contribution in [2.75, 3.05) is 5.73 Å². The van der Waals surface area contributed by atoms with Gasteiger partial charge in [-0.05, 0) is 49.9 Å². The molecule has 0 spiro atoms. The number of nitrogen functional groups attached to an aromatic ring is 1. The summed E-state index contributed by atoms with van der Waals surface area (Å²) < 4.78 is 2.24. The Kier molecular flexibility index (Phi) is 2.39. The maximum absolute atomic E-state index is 5.71. The van der Waals surface area contributed by atoms with Crippen LogP contribution in [0.15, 0.2) is 24.3 Å². The fourth-order valence-electron chi connectivity index (χ4n) is 2.58. The molecule has 1 aliphatic carbocycles. The van der Waals surface area contributed by atoms with Crippen molar-refractivity contribution >= 4 is 5.69 Å². The number of hydrogen-bond donors (Lipinski definition) is 1. The average molecular weight is 227 g/mol. The number of imidazole rings is 1. The largest absolute Gasteiger partial charge is 0.399 e. The highest BCUT2D eigenvalue weighted by atomic mass is 15.1. The minimum Gasteiger partial charge on any atom is -0.399 e. The predicted octanol–water partition coefficient (Wildman–Crippen LogP) is 2.55. The summed E-state index contributed by atoms with van der Waals surface area (Å²) in [5.74, 6) is 1.07. The molecule has 0 aliphatic heterocycles. The Balaban J connectivity index is 2.09. The smallest absolute Gasteiger partial charge is 0.140 e. The van der Waals surface area contributed by atoms with Gasteiger partial charge in [0, 0.05) is 24.0 Å². The zero-order valence-corrected chi connectivity index (χ0v) is 10.1. The number of hydrogen-bond acceptors (Lipinski definition) is 2. The molecule has 88 valence electrons. The van der Waals surface area contributed by atoms with Crippen LogP contribution in [0.1, 0.15) is 24.2 Å². The van der Waals surface area contributed by atoms with Crippen LogP contribution in [0.2, 0.25) is 0 Å². The summed E-state index contributed by atoms with van der Waals surface area (Å²) >= 11 is 0. The summed E-state index contributed by atoms with van der Waals surface area (Å²) in [6.07, 6.45) is 4.84. The van der Waals surface area contributed by atoms with Crippen molar-refractivity contribution in [1.29, 1.82) is 0 Å². The summed E-state index contributed by atoms with van der Waals surface area (Å²) in [4.78, 5) is 4.77. The third-order valence-electron chi connectivity index (χ3n) is 3.54. The van der Waals surface area contributed by atoms with Crippen molar-refractivity contribution in [2.45, 2.75) is 25.7 Å². The van der Waals surface area contributed by atoms with E-state index in [2.05, 4.69) is 11.6 Å². The first kappa shape index (κ1) is 10.4. The molecule has 0 atom stereocenters. The van der Waals surface area contributed by atoms with Gasteiger partial charge in [-0.25, -0.2) is 4.98 Å². The molecule has 3 heteroatoms. The number of rotatable bonds is 1. The molecular formula is C14H17N3. The summed E-state index contributed by atoms with van der Waals surface area (Å²) in [6, 6.07) is 7.96. The van der Waals surface area contributed by atoms with Gasteiger partial charge in [-0.2, -0.15) is 0 Å². The number of anilines is 1. The molecule has 0 saturated heterocycles. The third kappa shape index (κ3) is 1.71. The molecule has 3 rings (SSSR count). The number of fused-ring (bicyclic) bond motifs is 1. The van der Waals surface area contributed by atoms with E-state index in [0.29, 0.717) is 0 Å². The molecule has 17 heavy (non-hydrogen) atoms. The summed E-state index contributed by atoms with van der Waals surface area (Å²) in [6.45, 7) is 0. The normalized spacial score (nSPS) is 14.6. The zero-order valence-electron chi connectivity index (χ0n) is 10.1. The number of nitrogens with zero attached hydrogens (tertiary/aromatic N) is 2. The van der Waals surface area contributed by atoms with Crippen LogP contribution in [0.25, 0.3) is 11.4 Å². The van der Waals surface area contributed by atoms with E-state index in [1.54, 1.807) is 0 Å². The third-order valence-corrected chi connectivity index (χ3v) is 3.54. The van der Waals surface area contributed by atoms with E-state index >= 15 is 0 Å². The van der Waals surface area contributed by atoms with E-state index < -0.39 is 0 Å². The average Bonchev–Trinajstić information content (AvgIpc) is 2.69. The zero-order chi connectivity index (χ0) is 11.8. The lowest BCUT2D eigenvalue weighted by molar-refractivity contribution is 0.644. The predicted molar refractivity (Wildman–Crippen MR) is 69.7 cm³/mol. The lowest BCUT2D eigenvalue weighted by atomic mass is 10.0. The minimum atomic E-state index is 0.799. The SMILES string of the molecule is Cn1c(-c2ccc(N)cc2)nc2c1CCCC2. The quantitative estimate of drug-likeness (QED) is 0.761. The molecule has 2 aromatic rings. The Morgan fingerprint density at radius 2 is 1.82 bits per heavy atom. The highest BCUT2D eigenvalue weighted by molar-refractivity contribution is 5.60. The lowest BCUT2D eigenvalue weighted by Gasteiger charge is -2.11. The minimum absolute atomic E-state index is 0.799. The van der Waals surface area contributed by atoms with Gasteiger partial charge >= 0.3 is 0 Å². The molecule has 1 aromatic heterocycles. The van der Waals surface area contributed by atoms with Crippen molar-refractivity contribution in [1.82, 2.24) is 9.55 Å². The van der Waals surface area contributed by atoms with Crippen LogP contribution in [0.3, 0.4) is 0 Å². The van der Waals surface area contributed by atoms with E-state index in [1.165, 1.54) is 24.2 Å². The Hall–Kier alpha value is -1.77. The summed E-state index contributed by atoms with van der Waals surface area (Å²) in [5, 5.41) is 0. The molecule has 0 bridgehead atoms. The molecule has 0 radical (unpaired) electrons. The number of benzene rings is 1. The maximum Gasteiger partial charge on any atom is 0.140 e. The van der Waals surface area contributed by atoms with Crippen LogP contribution in [0.4, 0.5) is 5.69 Å². The number of nitrogens with two attached hydrogens (primary N) is 1. The van der Waals surface area contributed by atoms with Gasteiger partial charge in [-0.15, -0.1) is 0 Å². The van der Waals surface area contributed by atoms with Crippen molar-refractivity contribution in [2.24, 2.45) is 7.05 Å². The fourth-order valence-corrected chi connectivity index (χ4v) is 2.58.